The predicted octanol–water partition coefficient (Wildman–Crippen LogP) is 1.98. The lowest BCUT2D eigenvalue weighted by Crippen LogP contribution is -2.46. The molecule has 18 heavy (non-hydrogen) atoms. The zero-order chi connectivity index (χ0) is 13.8. The van der Waals surface area contributed by atoms with Crippen LogP contribution in [0.1, 0.15) is 12.5 Å². The molecule has 0 bridgehead atoms. The van der Waals surface area contributed by atoms with Crippen molar-refractivity contribution in [2.24, 2.45) is 5.73 Å². The molecule has 100 valence electrons. The average Bonchev–Trinajstić information content (AvgIpc) is 2.29. The number of aliphatic carboxylic acids is 1. The summed E-state index contributed by atoms with van der Waals surface area (Å²) in [5.41, 5.74) is 5.10. The van der Waals surface area contributed by atoms with Crippen molar-refractivity contribution in [3.63, 3.8) is 0 Å². The normalized spacial score (nSPS) is 14.0. The van der Waals surface area contributed by atoms with E-state index in [4.69, 9.17) is 15.6 Å². The van der Waals surface area contributed by atoms with E-state index in [0.29, 0.717) is 5.75 Å². The van der Waals surface area contributed by atoms with E-state index in [1.807, 2.05) is 0 Å². The number of nitrogens with two attached hydrogens (primary N) is 1. The second-order valence-corrected chi connectivity index (χ2v) is 5.36. The third kappa shape index (κ3) is 4.09. The average molecular weight is 367 g/mol. The van der Waals surface area contributed by atoms with Crippen molar-refractivity contribution < 1.29 is 19.0 Å². The highest BCUT2D eigenvalue weighted by Gasteiger charge is 2.28. The SMILES string of the molecule is CC(N)(Cc1ccc(I)c(OCCF)c1)C(=O)O. The topological polar surface area (TPSA) is 72.5 Å². The molecule has 0 heterocycles. The monoisotopic (exact) mass is 367 g/mol. The molecule has 1 aromatic rings. The number of ether oxygens (including phenoxy) is 1. The summed E-state index contributed by atoms with van der Waals surface area (Å²) in [6.45, 7) is 0.873. The summed E-state index contributed by atoms with van der Waals surface area (Å²) in [6, 6.07) is 5.28. The summed E-state index contributed by atoms with van der Waals surface area (Å²) in [4.78, 5) is 10.9. The molecule has 1 aromatic carbocycles. The van der Waals surface area contributed by atoms with Gasteiger partial charge >= 0.3 is 5.97 Å². The first-order chi connectivity index (χ1) is 8.36. The Labute approximate surface area is 118 Å². The van der Waals surface area contributed by atoms with Crippen molar-refractivity contribution >= 4 is 28.6 Å². The van der Waals surface area contributed by atoms with Crippen LogP contribution in [0, 0.1) is 3.57 Å². The number of halogens is 2. The largest absolute Gasteiger partial charge is 0.490 e. The number of hydrogen-bond acceptors (Lipinski definition) is 3. The molecule has 0 aromatic heterocycles. The van der Waals surface area contributed by atoms with E-state index in [9.17, 15) is 9.18 Å². The fraction of sp³-hybridized carbons (Fsp3) is 0.417. The smallest absolute Gasteiger partial charge is 0.323 e. The van der Waals surface area contributed by atoms with Gasteiger partial charge in [0.05, 0.1) is 3.57 Å². The van der Waals surface area contributed by atoms with Crippen LogP contribution < -0.4 is 10.5 Å². The summed E-state index contributed by atoms with van der Waals surface area (Å²) in [7, 11) is 0. The van der Waals surface area contributed by atoms with E-state index >= 15 is 0 Å². The quantitative estimate of drug-likeness (QED) is 0.755. The van der Waals surface area contributed by atoms with Gasteiger partial charge in [-0.2, -0.15) is 0 Å². The van der Waals surface area contributed by atoms with E-state index in [1.165, 1.54) is 6.92 Å². The lowest BCUT2D eigenvalue weighted by Gasteiger charge is -2.19. The van der Waals surface area contributed by atoms with Crippen molar-refractivity contribution in [1.29, 1.82) is 0 Å². The van der Waals surface area contributed by atoms with Gasteiger partial charge in [0, 0.05) is 6.42 Å². The van der Waals surface area contributed by atoms with Gasteiger partial charge in [-0.15, -0.1) is 0 Å². The fourth-order valence-corrected chi connectivity index (χ4v) is 1.91. The van der Waals surface area contributed by atoms with Gasteiger partial charge in [-0.3, -0.25) is 4.79 Å². The molecule has 0 radical (unpaired) electrons. The maximum atomic E-state index is 12.1. The molecule has 0 aliphatic heterocycles. The lowest BCUT2D eigenvalue weighted by molar-refractivity contribution is -0.142. The van der Waals surface area contributed by atoms with E-state index in [-0.39, 0.29) is 13.0 Å². The van der Waals surface area contributed by atoms with E-state index in [2.05, 4.69) is 22.6 Å². The van der Waals surface area contributed by atoms with E-state index < -0.39 is 18.2 Å². The highest BCUT2D eigenvalue weighted by molar-refractivity contribution is 14.1. The van der Waals surface area contributed by atoms with Crippen LogP contribution in [0.4, 0.5) is 4.39 Å². The Morgan fingerprint density at radius 3 is 2.83 bits per heavy atom. The zero-order valence-corrected chi connectivity index (χ0v) is 12.1. The Hall–Kier alpha value is -0.890. The minimum Gasteiger partial charge on any atom is -0.490 e. The van der Waals surface area contributed by atoms with Crippen LogP contribution in [-0.4, -0.2) is 29.9 Å². The van der Waals surface area contributed by atoms with Crippen molar-refractivity contribution in [2.75, 3.05) is 13.3 Å². The fourth-order valence-electron chi connectivity index (χ4n) is 1.42. The minimum atomic E-state index is -1.33. The third-order valence-electron chi connectivity index (χ3n) is 2.39. The Morgan fingerprint density at radius 1 is 1.61 bits per heavy atom. The highest BCUT2D eigenvalue weighted by Crippen LogP contribution is 2.24. The molecule has 0 saturated carbocycles. The first kappa shape index (κ1) is 15.2. The first-order valence-electron chi connectivity index (χ1n) is 5.36. The van der Waals surface area contributed by atoms with Crippen LogP contribution in [0.2, 0.25) is 0 Å². The van der Waals surface area contributed by atoms with Crippen LogP contribution in [0.5, 0.6) is 5.75 Å². The molecule has 0 aliphatic carbocycles. The molecule has 1 unspecified atom stereocenters. The van der Waals surface area contributed by atoms with Gasteiger partial charge in [0.25, 0.3) is 0 Å². The number of hydrogen-bond donors (Lipinski definition) is 2. The van der Waals surface area contributed by atoms with Gasteiger partial charge in [0.15, 0.2) is 0 Å². The molecular formula is C12H15FINO3. The van der Waals surface area contributed by atoms with Crippen molar-refractivity contribution in [3.8, 4) is 5.75 Å². The maximum absolute atomic E-state index is 12.1. The van der Waals surface area contributed by atoms with Gasteiger partial charge in [-0.05, 0) is 47.2 Å². The second kappa shape index (κ2) is 6.33. The van der Waals surface area contributed by atoms with E-state index in [0.717, 1.165) is 9.13 Å². The van der Waals surface area contributed by atoms with Gasteiger partial charge < -0.3 is 15.6 Å². The number of alkyl halides is 1. The molecule has 0 amide bonds. The molecule has 4 nitrogen and oxygen atoms in total. The predicted molar refractivity (Wildman–Crippen MR) is 74.6 cm³/mol. The zero-order valence-electron chi connectivity index (χ0n) is 9.95. The Morgan fingerprint density at radius 2 is 2.28 bits per heavy atom. The van der Waals surface area contributed by atoms with Crippen molar-refractivity contribution in [2.45, 2.75) is 18.9 Å². The molecule has 3 N–H and O–H groups in total. The molecule has 0 aliphatic rings. The first-order valence-corrected chi connectivity index (χ1v) is 6.44. The Kier molecular flexibility index (Phi) is 5.33. The van der Waals surface area contributed by atoms with Gasteiger partial charge in [-0.1, -0.05) is 6.07 Å². The molecule has 1 rings (SSSR count). The highest BCUT2D eigenvalue weighted by atomic mass is 127. The summed E-state index contributed by atoms with van der Waals surface area (Å²) >= 11 is 2.07. The lowest BCUT2D eigenvalue weighted by atomic mass is 9.94. The summed E-state index contributed by atoms with van der Waals surface area (Å²) in [5.74, 6) is -0.515. The second-order valence-electron chi connectivity index (χ2n) is 4.20. The van der Waals surface area contributed by atoms with Crippen molar-refractivity contribution in [3.05, 3.63) is 27.3 Å². The minimum absolute atomic E-state index is 0.0156. The molecule has 0 fully saturated rings. The number of benzene rings is 1. The number of carbonyl (C=O) groups is 1. The molecule has 6 heteroatoms. The summed E-state index contributed by atoms with van der Waals surface area (Å²) in [5, 5.41) is 8.96. The standard InChI is InChI=1S/C12H15FINO3/c1-12(15,11(16)17)7-8-2-3-9(14)10(6-8)18-5-4-13/h2-3,6H,4-5,7,15H2,1H3,(H,16,17). The summed E-state index contributed by atoms with van der Waals surface area (Å²) < 4.78 is 18.1. The number of carboxylic acids is 1. The van der Waals surface area contributed by atoms with Gasteiger partial charge in [0.1, 0.15) is 24.6 Å². The molecule has 1 atom stereocenters. The third-order valence-corrected chi connectivity index (χ3v) is 3.28. The molecular weight excluding hydrogens is 352 g/mol. The Bertz CT molecular complexity index is 437. The number of carboxylic acid groups (broad SMARTS) is 1. The summed E-state index contributed by atoms with van der Waals surface area (Å²) in [6.07, 6.45) is 0.186. The Balaban J connectivity index is 2.88. The van der Waals surface area contributed by atoms with Crippen LogP contribution in [-0.2, 0) is 11.2 Å². The van der Waals surface area contributed by atoms with Crippen molar-refractivity contribution in [1.82, 2.24) is 0 Å². The van der Waals surface area contributed by atoms with Crippen LogP contribution >= 0.6 is 22.6 Å². The molecule has 0 saturated heterocycles. The molecule has 0 spiro atoms. The maximum Gasteiger partial charge on any atom is 0.323 e. The van der Waals surface area contributed by atoms with Crippen LogP contribution in [0.3, 0.4) is 0 Å². The van der Waals surface area contributed by atoms with Gasteiger partial charge in [0.2, 0.25) is 0 Å². The van der Waals surface area contributed by atoms with Crippen LogP contribution in [0.25, 0.3) is 0 Å². The van der Waals surface area contributed by atoms with Crippen LogP contribution in [0.15, 0.2) is 18.2 Å². The van der Waals surface area contributed by atoms with Gasteiger partial charge in [-0.25, -0.2) is 4.39 Å². The number of rotatable bonds is 6. The van der Waals surface area contributed by atoms with E-state index in [1.54, 1.807) is 18.2 Å².